The molecule has 0 aliphatic carbocycles. The standard InChI is InChI=1S/C20H19FN6O4S/c1-11-9-32-19(24-11)25-18(29)16-8-26(10-23-16)17-4-3-13(5-15(17)21)27-7-14(31-20(27)30)6-22-12(2)28/h3-5,8-10,14H,6-7H2,1-2H3,(H,22,28)(H,24,25,29)/t14-/m0/s1. The van der Waals surface area contributed by atoms with Crippen LogP contribution in [0.3, 0.4) is 0 Å². The number of imidazole rings is 1. The van der Waals surface area contributed by atoms with Gasteiger partial charge in [0.1, 0.15) is 23.9 Å². The van der Waals surface area contributed by atoms with Gasteiger partial charge in [0, 0.05) is 18.5 Å². The van der Waals surface area contributed by atoms with Crippen LogP contribution < -0.4 is 15.5 Å². The van der Waals surface area contributed by atoms with Gasteiger partial charge in [-0.2, -0.15) is 0 Å². The number of rotatable bonds is 6. The lowest BCUT2D eigenvalue weighted by Crippen LogP contribution is -2.33. The summed E-state index contributed by atoms with van der Waals surface area (Å²) in [4.78, 5) is 45.0. The Balaban J connectivity index is 1.46. The summed E-state index contributed by atoms with van der Waals surface area (Å²) < 4.78 is 21.4. The zero-order valence-electron chi connectivity index (χ0n) is 17.2. The number of ether oxygens (including phenoxy) is 1. The van der Waals surface area contributed by atoms with Gasteiger partial charge in [0.05, 0.1) is 30.2 Å². The topological polar surface area (TPSA) is 118 Å². The van der Waals surface area contributed by atoms with Crippen molar-refractivity contribution >= 4 is 40.1 Å². The zero-order chi connectivity index (χ0) is 22.8. The van der Waals surface area contributed by atoms with Crippen LogP contribution in [0.4, 0.5) is 20.0 Å². The molecule has 32 heavy (non-hydrogen) atoms. The summed E-state index contributed by atoms with van der Waals surface area (Å²) >= 11 is 1.30. The number of aryl methyl sites for hydroxylation is 1. The molecule has 2 N–H and O–H groups in total. The summed E-state index contributed by atoms with van der Waals surface area (Å²) in [6.07, 6.45) is 1.59. The molecule has 0 spiro atoms. The molecule has 1 atom stereocenters. The van der Waals surface area contributed by atoms with Crippen LogP contribution >= 0.6 is 11.3 Å². The van der Waals surface area contributed by atoms with Gasteiger partial charge in [-0.25, -0.2) is 19.2 Å². The molecule has 10 nitrogen and oxygen atoms in total. The minimum Gasteiger partial charge on any atom is -0.442 e. The summed E-state index contributed by atoms with van der Waals surface area (Å²) in [6, 6.07) is 4.25. The molecule has 0 radical (unpaired) electrons. The average molecular weight is 458 g/mol. The van der Waals surface area contributed by atoms with E-state index in [0.717, 1.165) is 5.69 Å². The molecule has 3 heterocycles. The maximum atomic E-state index is 14.8. The van der Waals surface area contributed by atoms with E-state index in [1.807, 2.05) is 12.3 Å². The number of amides is 3. The van der Waals surface area contributed by atoms with E-state index < -0.39 is 23.9 Å². The second kappa shape index (κ2) is 8.75. The first-order valence-corrected chi connectivity index (χ1v) is 10.5. The lowest BCUT2D eigenvalue weighted by Gasteiger charge is -2.14. The number of halogens is 1. The van der Waals surface area contributed by atoms with Crippen LogP contribution in [-0.4, -0.2) is 51.6 Å². The number of carbonyl (C=O) groups is 3. The van der Waals surface area contributed by atoms with Gasteiger partial charge in [-0.05, 0) is 25.1 Å². The molecule has 1 aliphatic heterocycles. The number of nitrogens with zero attached hydrogens (tertiary/aromatic N) is 4. The van der Waals surface area contributed by atoms with Crippen molar-refractivity contribution in [1.29, 1.82) is 0 Å². The number of aromatic nitrogens is 3. The van der Waals surface area contributed by atoms with Crippen molar-refractivity contribution in [3.05, 3.63) is 53.3 Å². The van der Waals surface area contributed by atoms with Crippen molar-refractivity contribution < 1.29 is 23.5 Å². The number of carbonyl (C=O) groups excluding carboxylic acids is 3. The molecule has 0 unspecified atom stereocenters. The molecule has 166 valence electrons. The third kappa shape index (κ3) is 4.59. The van der Waals surface area contributed by atoms with E-state index in [4.69, 9.17) is 4.74 Å². The van der Waals surface area contributed by atoms with Gasteiger partial charge in [0.25, 0.3) is 5.91 Å². The van der Waals surface area contributed by atoms with Crippen LogP contribution in [0.1, 0.15) is 23.1 Å². The van der Waals surface area contributed by atoms with Crippen LogP contribution in [0.2, 0.25) is 0 Å². The van der Waals surface area contributed by atoms with Crippen LogP contribution in [-0.2, 0) is 9.53 Å². The molecular weight excluding hydrogens is 439 g/mol. The molecular formula is C20H19FN6O4S. The molecule has 1 aromatic carbocycles. The predicted molar refractivity (Wildman–Crippen MR) is 115 cm³/mol. The van der Waals surface area contributed by atoms with Gasteiger partial charge in [0.15, 0.2) is 5.13 Å². The number of benzene rings is 1. The number of thiazole rings is 1. The first-order chi connectivity index (χ1) is 15.3. The van der Waals surface area contributed by atoms with Crippen molar-refractivity contribution in [3.63, 3.8) is 0 Å². The highest BCUT2D eigenvalue weighted by Crippen LogP contribution is 2.26. The van der Waals surface area contributed by atoms with Gasteiger partial charge in [-0.3, -0.25) is 19.8 Å². The van der Waals surface area contributed by atoms with Gasteiger partial charge < -0.3 is 14.6 Å². The van der Waals surface area contributed by atoms with E-state index in [9.17, 15) is 18.8 Å². The SMILES string of the molecule is CC(=O)NC[C@H]1CN(c2ccc(-n3cnc(C(=O)Nc4nc(C)cs4)c3)c(F)c2)C(=O)O1. The Morgan fingerprint density at radius 3 is 2.88 bits per heavy atom. The highest BCUT2D eigenvalue weighted by molar-refractivity contribution is 7.13. The third-order valence-electron chi connectivity index (χ3n) is 4.63. The van der Waals surface area contributed by atoms with Crippen molar-refractivity contribution in [2.24, 2.45) is 0 Å². The molecule has 1 saturated heterocycles. The highest BCUT2D eigenvalue weighted by atomic mass is 32.1. The molecule has 1 fully saturated rings. The Labute approximate surface area is 186 Å². The summed E-state index contributed by atoms with van der Waals surface area (Å²) in [6.45, 7) is 3.55. The Kier molecular flexibility index (Phi) is 5.86. The first-order valence-electron chi connectivity index (χ1n) is 9.60. The van der Waals surface area contributed by atoms with Crippen LogP contribution in [0.25, 0.3) is 5.69 Å². The Hall–Kier alpha value is -3.80. The second-order valence-electron chi connectivity index (χ2n) is 7.10. The van der Waals surface area contributed by atoms with Crippen molar-refractivity contribution in [1.82, 2.24) is 19.9 Å². The number of hydrogen-bond acceptors (Lipinski definition) is 7. The van der Waals surface area contributed by atoms with E-state index in [1.165, 1.54) is 52.4 Å². The molecule has 4 rings (SSSR count). The Morgan fingerprint density at radius 1 is 1.38 bits per heavy atom. The molecule has 2 aromatic heterocycles. The smallest absolute Gasteiger partial charge is 0.414 e. The third-order valence-corrected chi connectivity index (χ3v) is 5.50. The zero-order valence-corrected chi connectivity index (χ0v) is 18.0. The van der Waals surface area contributed by atoms with Crippen molar-refractivity contribution in [2.75, 3.05) is 23.3 Å². The maximum Gasteiger partial charge on any atom is 0.414 e. The van der Waals surface area contributed by atoms with Gasteiger partial charge in [-0.15, -0.1) is 11.3 Å². The minimum absolute atomic E-state index is 0.102. The van der Waals surface area contributed by atoms with E-state index in [1.54, 1.807) is 6.07 Å². The summed E-state index contributed by atoms with van der Waals surface area (Å²) in [5, 5.41) is 7.49. The first kappa shape index (κ1) is 21.4. The molecule has 1 aliphatic rings. The molecule has 3 amide bonds. The van der Waals surface area contributed by atoms with E-state index >= 15 is 0 Å². The summed E-state index contributed by atoms with van der Waals surface area (Å²) in [5.74, 6) is -1.30. The molecule has 3 aromatic rings. The van der Waals surface area contributed by atoms with Crippen LogP contribution in [0.15, 0.2) is 36.1 Å². The van der Waals surface area contributed by atoms with Crippen molar-refractivity contribution in [2.45, 2.75) is 20.0 Å². The number of nitrogens with one attached hydrogen (secondary N) is 2. The summed E-state index contributed by atoms with van der Waals surface area (Å²) in [5.41, 5.74) is 1.37. The normalized spacial score (nSPS) is 15.5. The van der Waals surface area contributed by atoms with E-state index in [-0.39, 0.29) is 30.4 Å². The largest absolute Gasteiger partial charge is 0.442 e. The lowest BCUT2D eigenvalue weighted by molar-refractivity contribution is -0.119. The van der Waals surface area contributed by atoms with E-state index in [2.05, 4.69) is 20.6 Å². The monoisotopic (exact) mass is 458 g/mol. The number of anilines is 2. The molecule has 0 saturated carbocycles. The minimum atomic E-state index is -0.619. The second-order valence-corrected chi connectivity index (χ2v) is 7.96. The molecule has 0 bridgehead atoms. The quantitative estimate of drug-likeness (QED) is 0.586. The van der Waals surface area contributed by atoms with Crippen LogP contribution in [0.5, 0.6) is 0 Å². The molecule has 12 heteroatoms. The maximum absolute atomic E-state index is 14.8. The Morgan fingerprint density at radius 2 is 2.19 bits per heavy atom. The van der Waals surface area contributed by atoms with Gasteiger partial charge >= 0.3 is 6.09 Å². The summed E-state index contributed by atoms with van der Waals surface area (Å²) in [7, 11) is 0. The van der Waals surface area contributed by atoms with Gasteiger partial charge in [0.2, 0.25) is 5.91 Å². The Bertz CT molecular complexity index is 1190. The number of cyclic esters (lactones) is 1. The fourth-order valence-electron chi connectivity index (χ4n) is 3.11. The predicted octanol–water partition coefficient (Wildman–Crippen LogP) is 2.49. The lowest BCUT2D eigenvalue weighted by atomic mass is 10.2. The fourth-order valence-corrected chi connectivity index (χ4v) is 3.80. The highest BCUT2D eigenvalue weighted by Gasteiger charge is 2.32. The van der Waals surface area contributed by atoms with E-state index in [0.29, 0.717) is 10.8 Å². The number of hydrogen-bond donors (Lipinski definition) is 2. The van der Waals surface area contributed by atoms with Gasteiger partial charge in [-0.1, -0.05) is 0 Å². The van der Waals surface area contributed by atoms with Crippen LogP contribution in [0, 0.1) is 12.7 Å². The fraction of sp³-hybridized carbons (Fsp3) is 0.250. The average Bonchev–Trinajstić information content (AvgIpc) is 3.46. The van der Waals surface area contributed by atoms with Crippen molar-refractivity contribution in [3.8, 4) is 5.69 Å².